The van der Waals surface area contributed by atoms with Crippen molar-refractivity contribution < 1.29 is 14.3 Å². The molecule has 2 rings (SSSR count). The maximum Gasteiger partial charge on any atom is 0.261 e. The number of halogens is 2. The summed E-state index contributed by atoms with van der Waals surface area (Å²) in [6.07, 6.45) is 0. The molecule has 2 aromatic rings. The number of benzene rings is 2. The van der Waals surface area contributed by atoms with Gasteiger partial charge < -0.3 is 15.0 Å². The van der Waals surface area contributed by atoms with Crippen LogP contribution in [0.15, 0.2) is 53.0 Å². The normalized spacial score (nSPS) is 11.5. The van der Waals surface area contributed by atoms with Crippen LogP contribution < -0.4 is 10.1 Å². The zero-order valence-corrected chi connectivity index (χ0v) is 16.9. The molecule has 2 amide bonds. The second kappa shape index (κ2) is 9.59. The lowest BCUT2D eigenvalue weighted by Gasteiger charge is -2.28. The van der Waals surface area contributed by atoms with E-state index in [-0.39, 0.29) is 18.4 Å². The first-order valence-electron chi connectivity index (χ1n) is 8.05. The van der Waals surface area contributed by atoms with Gasteiger partial charge in [0.1, 0.15) is 11.8 Å². The summed E-state index contributed by atoms with van der Waals surface area (Å²) < 4.78 is 6.38. The number of carbonyl (C=O) groups is 2. The van der Waals surface area contributed by atoms with Gasteiger partial charge in [-0.25, -0.2) is 0 Å². The molecule has 26 heavy (non-hydrogen) atoms. The number of amides is 2. The third kappa shape index (κ3) is 5.47. The van der Waals surface area contributed by atoms with E-state index in [2.05, 4.69) is 21.2 Å². The van der Waals surface area contributed by atoms with Gasteiger partial charge in [0.05, 0.1) is 5.02 Å². The highest BCUT2D eigenvalue weighted by molar-refractivity contribution is 9.10. The minimum Gasteiger partial charge on any atom is -0.482 e. The number of hydrogen-bond acceptors (Lipinski definition) is 3. The summed E-state index contributed by atoms with van der Waals surface area (Å²) in [5.74, 6) is -0.129. The van der Waals surface area contributed by atoms with Gasteiger partial charge in [0, 0.05) is 18.1 Å². The highest BCUT2D eigenvalue weighted by Gasteiger charge is 2.26. The Balaban J connectivity index is 2.12. The molecule has 138 valence electrons. The Bertz CT molecular complexity index is 771. The molecule has 0 radical (unpaired) electrons. The first-order chi connectivity index (χ1) is 12.4. The van der Waals surface area contributed by atoms with Crippen molar-refractivity contribution >= 4 is 39.3 Å². The molecule has 0 spiro atoms. The molecule has 1 atom stereocenters. The van der Waals surface area contributed by atoms with Crippen LogP contribution in [0, 0.1) is 0 Å². The molecule has 0 aliphatic carbocycles. The molecule has 0 bridgehead atoms. The summed E-state index contributed by atoms with van der Waals surface area (Å²) in [5, 5.41) is 2.98. The van der Waals surface area contributed by atoms with Crippen LogP contribution in [-0.4, -0.2) is 36.4 Å². The predicted octanol–water partition coefficient (Wildman–Crippen LogP) is 3.64. The number of nitrogens with zero attached hydrogens (tertiary/aromatic N) is 1. The highest BCUT2D eigenvalue weighted by atomic mass is 79.9. The molecule has 2 aromatic carbocycles. The van der Waals surface area contributed by atoms with E-state index in [1.165, 1.54) is 4.90 Å². The van der Waals surface area contributed by atoms with Crippen molar-refractivity contribution in [3.05, 3.63) is 63.6 Å². The zero-order valence-electron chi connectivity index (χ0n) is 14.5. The molecular weight excluding hydrogens is 420 g/mol. The third-order valence-corrected chi connectivity index (χ3v) is 4.64. The van der Waals surface area contributed by atoms with Gasteiger partial charge in [0.15, 0.2) is 6.61 Å². The minimum absolute atomic E-state index is 0.213. The van der Waals surface area contributed by atoms with E-state index < -0.39 is 6.04 Å². The van der Waals surface area contributed by atoms with E-state index >= 15 is 0 Å². The molecule has 0 fully saturated rings. The van der Waals surface area contributed by atoms with Crippen LogP contribution in [0.2, 0.25) is 5.02 Å². The van der Waals surface area contributed by atoms with Crippen molar-refractivity contribution in [3.8, 4) is 5.75 Å². The second-order valence-corrected chi connectivity index (χ2v) is 6.98. The van der Waals surface area contributed by atoms with Gasteiger partial charge in [-0.2, -0.15) is 0 Å². The summed E-state index contributed by atoms with van der Waals surface area (Å²) in [7, 11) is 1.54. The maximum atomic E-state index is 12.7. The van der Waals surface area contributed by atoms with E-state index in [1.807, 2.05) is 30.3 Å². The Kier molecular flexibility index (Phi) is 7.48. The third-order valence-electron chi connectivity index (χ3n) is 3.85. The fourth-order valence-corrected chi connectivity index (χ4v) is 3.11. The van der Waals surface area contributed by atoms with Gasteiger partial charge in [-0.1, -0.05) is 57.9 Å². The summed E-state index contributed by atoms with van der Waals surface area (Å²) in [5.41, 5.74) is 0.929. The van der Waals surface area contributed by atoms with E-state index in [0.29, 0.717) is 17.3 Å². The van der Waals surface area contributed by atoms with Gasteiger partial charge in [-0.05, 0) is 30.7 Å². The number of rotatable bonds is 7. The Hall–Kier alpha value is -2.05. The molecular formula is C19H20BrClN2O3. The summed E-state index contributed by atoms with van der Waals surface area (Å²) in [6.45, 7) is 1.79. The molecule has 5 nitrogen and oxygen atoms in total. The van der Waals surface area contributed by atoms with Crippen LogP contribution in [0.1, 0.15) is 12.5 Å². The first-order valence-corrected chi connectivity index (χ1v) is 9.22. The quantitative estimate of drug-likeness (QED) is 0.716. The number of nitrogens with one attached hydrogen (secondary N) is 1. The molecule has 1 N–H and O–H groups in total. The average Bonchev–Trinajstić information content (AvgIpc) is 2.64. The summed E-state index contributed by atoms with van der Waals surface area (Å²) in [4.78, 5) is 26.3. The van der Waals surface area contributed by atoms with Crippen molar-refractivity contribution in [1.29, 1.82) is 0 Å². The van der Waals surface area contributed by atoms with Crippen LogP contribution in [0.3, 0.4) is 0 Å². The van der Waals surface area contributed by atoms with Crippen LogP contribution >= 0.6 is 27.5 Å². The van der Waals surface area contributed by atoms with E-state index in [9.17, 15) is 9.59 Å². The monoisotopic (exact) mass is 438 g/mol. The molecule has 0 aromatic heterocycles. The topological polar surface area (TPSA) is 58.6 Å². The fraction of sp³-hybridized carbons (Fsp3) is 0.263. The lowest BCUT2D eigenvalue weighted by Crippen LogP contribution is -2.48. The van der Waals surface area contributed by atoms with Crippen LogP contribution in [0.5, 0.6) is 5.75 Å². The van der Waals surface area contributed by atoms with Crippen molar-refractivity contribution in [2.24, 2.45) is 0 Å². The fourth-order valence-electron chi connectivity index (χ4n) is 2.39. The van der Waals surface area contributed by atoms with Gasteiger partial charge in [0.2, 0.25) is 5.91 Å². The predicted molar refractivity (Wildman–Crippen MR) is 105 cm³/mol. The molecule has 0 aliphatic heterocycles. The number of carbonyl (C=O) groups excluding carboxylic acids is 2. The standard InChI is InChI=1S/C19H20BrClN2O3/c1-13(19(25)22-2)23(11-14-6-4-3-5-7-14)18(24)12-26-17-9-8-15(20)10-16(17)21/h3-10,13H,11-12H2,1-2H3,(H,22,25)/t13-/m1/s1. The smallest absolute Gasteiger partial charge is 0.261 e. The molecule has 0 heterocycles. The lowest BCUT2D eigenvalue weighted by molar-refractivity contribution is -0.142. The second-order valence-electron chi connectivity index (χ2n) is 5.66. The van der Waals surface area contributed by atoms with E-state index in [1.54, 1.807) is 32.2 Å². The van der Waals surface area contributed by atoms with Crippen LogP contribution in [0.25, 0.3) is 0 Å². The summed E-state index contributed by atoms with van der Waals surface area (Å²) in [6, 6.07) is 14.0. The largest absolute Gasteiger partial charge is 0.482 e. The Morgan fingerprint density at radius 1 is 1.23 bits per heavy atom. The number of likely N-dealkylation sites (N-methyl/N-ethyl adjacent to an activating group) is 1. The van der Waals surface area contributed by atoms with Crippen molar-refractivity contribution in [2.45, 2.75) is 19.5 Å². The van der Waals surface area contributed by atoms with Gasteiger partial charge in [0.25, 0.3) is 5.91 Å². The molecule has 0 aliphatic rings. The maximum absolute atomic E-state index is 12.7. The first kappa shape index (κ1) is 20.3. The van der Waals surface area contributed by atoms with Crippen molar-refractivity contribution in [2.75, 3.05) is 13.7 Å². The van der Waals surface area contributed by atoms with Crippen molar-refractivity contribution in [3.63, 3.8) is 0 Å². The van der Waals surface area contributed by atoms with Crippen LogP contribution in [-0.2, 0) is 16.1 Å². The van der Waals surface area contributed by atoms with Crippen LogP contribution in [0.4, 0.5) is 0 Å². The molecule has 0 unspecified atom stereocenters. The molecule has 0 saturated carbocycles. The number of ether oxygens (including phenoxy) is 1. The van der Waals surface area contributed by atoms with Gasteiger partial charge in [-0.3, -0.25) is 9.59 Å². The van der Waals surface area contributed by atoms with Crippen molar-refractivity contribution in [1.82, 2.24) is 10.2 Å². The van der Waals surface area contributed by atoms with Gasteiger partial charge in [-0.15, -0.1) is 0 Å². The van der Waals surface area contributed by atoms with Gasteiger partial charge >= 0.3 is 0 Å². The highest BCUT2D eigenvalue weighted by Crippen LogP contribution is 2.27. The zero-order chi connectivity index (χ0) is 19.1. The van der Waals surface area contributed by atoms with E-state index in [4.69, 9.17) is 16.3 Å². The Labute approximate surface area is 166 Å². The molecule has 7 heteroatoms. The summed E-state index contributed by atoms with van der Waals surface area (Å²) >= 11 is 9.43. The Morgan fingerprint density at radius 2 is 1.92 bits per heavy atom. The Morgan fingerprint density at radius 3 is 2.54 bits per heavy atom. The lowest BCUT2D eigenvalue weighted by atomic mass is 10.1. The SMILES string of the molecule is CNC(=O)[C@@H](C)N(Cc1ccccc1)C(=O)COc1ccc(Br)cc1Cl. The average molecular weight is 440 g/mol. The number of hydrogen-bond donors (Lipinski definition) is 1. The minimum atomic E-state index is -0.628. The van der Waals surface area contributed by atoms with E-state index in [0.717, 1.165) is 10.0 Å². The molecule has 0 saturated heterocycles.